The molecule has 1 aliphatic carbocycles. The lowest BCUT2D eigenvalue weighted by Gasteiger charge is -2.36. The Morgan fingerprint density at radius 1 is 1.31 bits per heavy atom. The first-order chi connectivity index (χ1) is 7.46. The monoisotopic (exact) mass is 243 g/mol. The smallest absolute Gasteiger partial charge is 0.151 e. The molecule has 0 aromatic heterocycles. The molecule has 0 N–H and O–H groups in total. The highest BCUT2D eigenvalue weighted by Crippen LogP contribution is 2.27. The lowest BCUT2D eigenvalue weighted by molar-refractivity contribution is 0.214. The molecule has 1 rings (SSSR count). The van der Waals surface area contributed by atoms with Gasteiger partial charge in [-0.15, -0.1) is 5.92 Å². The summed E-state index contributed by atoms with van der Waals surface area (Å²) in [5, 5.41) is -0.204. The third-order valence-electron chi connectivity index (χ3n) is 3.29. The van der Waals surface area contributed by atoms with Crippen molar-refractivity contribution >= 4 is 9.84 Å². The maximum Gasteiger partial charge on any atom is 0.151 e. The van der Waals surface area contributed by atoms with Crippen molar-refractivity contribution in [2.24, 2.45) is 0 Å². The Morgan fingerprint density at radius 2 is 1.94 bits per heavy atom. The van der Waals surface area contributed by atoms with Crippen LogP contribution in [0.3, 0.4) is 0 Å². The second kappa shape index (κ2) is 5.70. The maximum atomic E-state index is 11.7. The van der Waals surface area contributed by atoms with Gasteiger partial charge in [-0.1, -0.05) is 18.8 Å². The van der Waals surface area contributed by atoms with Gasteiger partial charge < -0.3 is 0 Å². The Morgan fingerprint density at radius 3 is 2.50 bits per heavy atom. The van der Waals surface area contributed by atoms with Gasteiger partial charge in [-0.05, 0) is 26.8 Å². The van der Waals surface area contributed by atoms with E-state index in [4.69, 9.17) is 0 Å². The van der Waals surface area contributed by atoms with Gasteiger partial charge in [0.15, 0.2) is 9.84 Å². The van der Waals surface area contributed by atoms with Gasteiger partial charge in [0, 0.05) is 12.3 Å². The molecule has 0 bridgehead atoms. The fourth-order valence-corrected chi connectivity index (χ4v) is 3.91. The third-order valence-corrected chi connectivity index (χ3v) is 4.94. The van der Waals surface area contributed by atoms with Gasteiger partial charge in [-0.3, -0.25) is 4.90 Å². The van der Waals surface area contributed by atoms with Gasteiger partial charge in [0.25, 0.3) is 0 Å². The highest BCUT2D eigenvalue weighted by Gasteiger charge is 2.34. The summed E-state index contributed by atoms with van der Waals surface area (Å²) in [7, 11) is -0.964. The zero-order chi connectivity index (χ0) is 12.2. The van der Waals surface area contributed by atoms with Crippen molar-refractivity contribution in [3.63, 3.8) is 0 Å². The number of sulfone groups is 1. The molecule has 1 saturated carbocycles. The van der Waals surface area contributed by atoms with Crippen molar-refractivity contribution in [1.82, 2.24) is 4.90 Å². The van der Waals surface area contributed by atoms with E-state index in [0.29, 0.717) is 6.54 Å². The fraction of sp³-hybridized carbons (Fsp3) is 0.833. The van der Waals surface area contributed by atoms with Crippen LogP contribution >= 0.6 is 0 Å². The van der Waals surface area contributed by atoms with E-state index in [9.17, 15) is 8.42 Å². The lowest BCUT2D eigenvalue weighted by Crippen LogP contribution is -2.47. The molecule has 1 aliphatic rings. The summed E-state index contributed by atoms with van der Waals surface area (Å²) in [6, 6.07) is 0.143. The topological polar surface area (TPSA) is 37.4 Å². The fourth-order valence-electron chi connectivity index (χ4n) is 2.40. The van der Waals surface area contributed by atoms with Crippen LogP contribution in [-0.4, -0.2) is 44.5 Å². The molecule has 0 spiro atoms. The molecule has 4 heteroatoms. The van der Waals surface area contributed by atoms with E-state index < -0.39 is 9.84 Å². The number of hydrogen-bond donors (Lipinski definition) is 0. The molecule has 0 amide bonds. The van der Waals surface area contributed by atoms with Crippen molar-refractivity contribution in [2.45, 2.75) is 43.9 Å². The molecule has 92 valence electrons. The van der Waals surface area contributed by atoms with Crippen LogP contribution in [0.1, 0.15) is 32.6 Å². The zero-order valence-electron chi connectivity index (χ0n) is 10.4. The van der Waals surface area contributed by atoms with Crippen molar-refractivity contribution in [2.75, 3.05) is 19.8 Å². The van der Waals surface area contributed by atoms with Gasteiger partial charge in [-0.25, -0.2) is 8.42 Å². The number of hydrogen-bond acceptors (Lipinski definition) is 3. The number of nitrogens with zero attached hydrogens (tertiary/aromatic N) is 1. The molecular weight excluding hydrogens is 222 g/mol. The second-order valence-corrected chi connectivity index (χ2v) is 6.83. The Hall–Kier alpha value is -0.530. The summed E-state index contributed by atoms with van der Waals surface area (Å²) in [5.74, 6) is 5.85. The van der Waals surface area contributed by atoms with Crippen LogP contribution in [0.4, 0.5) is 0 Å². The zero-order valence-corrected chi connectivity index (χ0v) is 11.2. The van der Waals surface area contributed by atoms with Crippen LogP contribution in [0.2, 0.25) is 0 Å². The minimum Gasteiger partial charge on any atom is -0.291 e. The molecule has 0 heterocycles. The Balaban J connectivity index is 2.76. The largest absolute Gasteiger partial charge is 0.291 e. The van der Waals surface area contributed by atoms with Crippen LogP contribution in [0.15, 0.2) is 0 Å². The third kappa shape index (κ3) is 3.50. The molecule has 0 unspecified atom stereocenters. The summed E-state index contributed by atoms with van der Waals surface area (Å²) < 4.78 is 23.4. The van der Waals surface area contributed by atoms with E-state index >= 15 is 0 Å². The molecule has 0 aromatic carbocycles. The van der Waals surface area contributed by atoms with Crippen LogP contribution in [0.5, 0.6) is 0 Å². The molecule has 2 atom stereocenters. The Bertz CT molecular complexity index is 378. The summed E-state index contributed by atoms with van der Waals surface area (Å²) in [4.78, 5) is 2.08. The number of rotatable bonds is 3. The van der Waals surface area contributed by atoms with Gasteiger partial charge in [0.2, 0.25) is 0 Å². The van der Waals surface area contributed by atoms with Crippen molar-refractivity contribution in [1.29, 1.82) is 0 Å². The van der Waals surface area contributed by atoms with Gasteiger partial charge >= 0.3 is 0 Å². The average molecular weight is 243 g/mol. The molecule has 0 saturated heterocycles. The van der Waals surface area contributed by atoms with E-state index in [2.05, 4.69) is 16.7 Å². The second-order valence-electron chi connectivity index (χ2n) is 4.56. The highest BCUT2D eigenvalue weighted by atomic mass is 32.2. The lowest BCUT2D eigenvalue weighted by atomic mass is 9.94. The van der Waals surface area contributed by atoms with E-state index in [-0.39, 0.29) is 11.3 Å². The molecule has 0 aromatic rings. The van der Waals surface area contributed by atoms with E-state index in [1.54, 1.807) is 0 Å². The van der Waals surface area contributed by atoms with Crippen molar-refractivity contribution < 1.29 is 8.42 Å². The van der Waals surface area contributed by atoms with Gasteiger partial charge in [0.05, 0.1) is 11.8 Å². The average Bonchev–Trinajstić information content (AvgIpc) is 2.24. The molecule has 3 nitrogen and oxygen atoms in total. The van der Waals surface area contributed by atoms with Crippen LogP contribution in [0, 0.1) is 11.8 Å². The van der Waals surface area contributed by atoms with Crippen molar-refractivity contribution in [3.8, 4) is 11.8 Å². The van der Waals surface area contributed by atoms with Crippen molar-refractivity contribution in [3.05, 3.63) is 0 Å². The summed E-state index contributed by atoms with van der Waals surface area (Å²) in [6.45, 7) is 2.47. The molecule has 16 heavy (non-hydrogen) atoms. The first-order valence-corrected chi connectivity index (χ1v) is 7.71. The molecular formula is C12H21NO2S. The summed E-state index contributed by atoms with van der Waals surface area (Å²) in [6.07, 6.45) is 5.28. The summed E-state index contributed by atoms with van der Waals surface area (Å²) >= 11 is 0. The molecule has 0 radical (unpaired) electrons. The maximum absolute atomic E-state index is 11.7. The summed E-state index contributed by atoms with van der Waals surface area (Å²) in [5.41, 5.74) is 0. The van der Waals surface area contributed by atoms with Crippen LogP contribution < -0.4 is 0 Å². The highest BCUT2D eigenvalue weighted by molar-refractivity contribution is 7.91. The SMILES string of the molecule is CC#CCN(C)[C@@H]1CCCC[C@H]1S(C)(=O)=O. The minimum absolute atomic E-state index is 0.143. The molecule has 0 aliphatic heterocycles. The first-order valence-electron chi connectivity index (χ1n) is 5.75. The van der Waals surface area contributed by atoms with Gasteiger partial charge in [0.1, 0.15) is 0 Å². The predicted octanol–water partition coefficient (Wildman–Crippen LogP) is 1.30. The first kappa shape index (κ1) is 13.5. The standard InChI is InChI=1S/C12H21NO2S/c1-4-5-10-13(2)11-8-6-7-9-12(11)16(3,14)15/h11-12H,6-10H2,1-3H3/t11-,12-/m1/s1. The molecule has 1 fully saturated rings. The normalized spacial score (nSPS) is 26.2. The van der Waals surface area contributed by atoms with Crippen LogP contribution in [-0.2, 0) is 9.84 Å². The van der Waals surface area contributed by atoms with Gasteiger partial charge in [-0.2, -0.15) is 0 Å². The quantitative estimate of drug-likeness (QED) is 0.701. The van der Waals surface area contributed by atoms with E-state index in [1.165, 1.54) is 6.26 Å². The van der Waals surface area contributed by atoms with E-state index in [0.717, 1.165) is 25.7 Å². The van der Waals surface area contributed by atoms with E-state index in [1.807, 2.05) is 14.0 Å². The minimum atomic E-state index is -2.93. The van der Waals surface area contributed by atoms with Crippen LogP contribution in [0.25, 0.3) is 0 Å². The Kier molecular flexibility index (Phi) is 4.82. The Labute approximate surface area is 99.1 Å². The predicted molar refractivity (Wildman–Crippen MR) is 67.0 cm³/mol.